The molecule has 1 aromatic heterocycles. The Morgan fingerprint density at radius 1 is 1.17 bits per heavy atom. The molecule has 1 aliphatic heterocycles. The Morgan fingerprint density at radius 3 is 2.75 bits per heavy atom. The molecule has 0 bridgehead atoms. The van der Waals surface area contributed by atoms with Gasteiger partial charge in [0, 0.05) is 25.4 Å². The number of rotatable bonds is 0. The van der Waals surface area contributed by atoms with Crippen LogP contribution in [0.5, 0.6) is 0 Å². The lowest BCUT2D eigenvalue weighted by molar-refractivity contribution is 0.477. The highest BCUT2D eigenvalue weighted by molar-refractivity contribution is 5.85. The molecule has 4 heteroatoms. The number of nitrogens with zero attached hydrogens (tertiary/aromatic N) is 2. The standard InChI is InChI=1S/C8H12N2O.ClH/c11-8-4-7-9-5-2-1-3-6-10(8)9;/h4,7H,1-3,5-6H2;1H. The van der Waals surface area contributed by atoms with Crippen molar-refractivity contribution in [2.75, 3.05) is 0 Å². The summed E-state index contributed by atoms with van der Waals surface area (Å²) in [6.07, 6.45) is 5.47. The van der Waals surface area contributed by atoms with Crippen molar-refractivity contribution in [3.05, 3.63) is 22.6 Å². The first-order valence-corrected chi connectivity index (χ1v) is 4.14. The second-order valence-corrected chi connectivity index (χ2v) is 3.00. The molecule has 0 spiro atoms. The van der Waals surface area contributed by atoms with E-state index < -0.39 is 0 Å². The molecule has 0 amide bonds. The maximum atomic E-state index is 11.2. The van der Waals surface area contributed by atoms with Gasteiger partial charge >= 0.3 is 0 Å². The number of fused-ring (bicyclic) bond motifs is 1. The molecular formula is C8H13ClN2O. The molecule has 0 fully saturated rings. The summed E-state index contributed by atoms with van der Waals surface area (Å²) >= 11 is 0. The van der Waals surface area contributed by atoms with Crippen molar-refractivity contribution >= 4 is 12.4 Å². The van der Waals surface area contributed by atoms with Crippen molar-refractivity contribution < 1.29 is 0 Å². The first-order valence-electron chi connectivity index (χ1n) is 4.14. The summed E-state index contributed by atoms with van der Waals surface area (Å²) in [6.45, 7) is 1.90. The van der Waals surface area contributed by atoms with Crippen LogP contribution in [0.15, 0.2) is 17.1 Å². The van der Waals surface area contributed by atoms with Crippen LogP contribution in [0.25, 0.3) is 0 Å². The highest BCUT2D eigenvalue weighted by atomic mass is 35.5. The van der Waals surface area contributed by atoms with Gasteiger partial charge in [0.05, 0.1) is 0 Å². The van der Waals surface area contributed by atoms with E-state index in [2.05, 4.69) is 0 Å². The second-order valence-electron chi connectivity index (χ2n) is 3.00. The van der Waals surface area contributed by atoms with Crippen LogP contribution < -0.4 is 5.56 Å². The fourth-order valence-electron chi connectivity index (χ4n) is 1.59. The smallest absolute Gasteiger partial charge is 0.266 e. The largest absolute Gasteiger partial charge is 0.290 e. The molecule has 0 N–H and O–H groups in total. The first-order chi connectivity index (χ1) is 5.38. The van der Waals surface area contributed by atoms with Gasteiger partial charge < -0.3 is 0 Å². The zero-order valence-corrected chi connectivity index (χ0v) is 7.72. The molecule has 0 saturated heterocycles. The zero-order chi connectivity index (χ0) is 7.68. The maximum Gasteiger partial charge on any atom is 0.266 e. The van der Waals surface area contributed by atoms with Gasteiger partial charge in [-0.1, -0.05) is 0 Å². The molecule has 0 saturated carbocycles. The van der Waals surface area contributed by atoms with Gasteiger partial charge in [-0.05, 0) is 19.3 Å². The third-order valence-corrected chi connectivity index (χ3v) is 2.21. The highest BCUT2D eigenvalue weighted by Crippen LogP contribution is 2.05. The fraction of sp³-hybridized carbons (Fsp3) is 0.625. The molecule has 68 valence electrons. The van der Waals surface area contributed by atoms with Gasteiger partial charge in [0.1, 0.15) is 0 Å². The van der Waals surface area contributed by atoms with Crippen molar-refractivity contribution in [2.24, 2.45) is 0 Å². The van der Waals surface area contributed by atoms with E-state index in [0.29, 0.717) is 0 Å². The van der Waals surface area contributed by atoms with Crippen molar-refractivity contribution in [1.82, 2.24) is 9.36 Å². The number of aromatic nitrogens is 2. The predicted octanol–water partition coefficient (Wildman–Crippen LogP) is 1.26. The van der Waals surface area contributed by atoms with Gasteiger partial charge in [-0.15, -0.1) is 12.4 Å². The summed E-state index contributed by atoms with van der Waals surface area (Å²) in [4.78, 5) is 11.2. The second kappa shape index (κ2) is 3.81. The van der Waals surface area contributed by atoms with Crippen LogP contribution in [0.1, 0.15) is 19.3 Å². The van der Waals surface area contributed by atoms with Crippen LogP contribution in [-0.4, -0.2) is 9.36 Å². The molecular weight excluding hydrogens is 176 g/mol. The van der Waals surface area contributed by atoms with E-state index >= 15 is 0 Å². The van der Waals surface area contributed by atoms with Gasteiger partial charge in [0.15, 0.2) is 0 Å². The lowest BCUT2D eigenvalue weighted by Crippen LogP contribution is -2.20. The summed E-state index contributed by atoms with van der Waals surface area (Å²) < 4.78 is 3.85. The minimum absolute atomic E-state index is 0. The van der Waals surface area contributed by atoms with Gasteiger partial charge in [-0.2, -0.15) is 0 Å². The van der Waals surface area contributed by atoms with Gasteiger partial charge in [-0.3, -0.25) is 14.2 Å². The SMILES string of the molecule is Cl.O=c1ccn2n1CCCCC2. The molecule has 0 unspecified atom stereocenters. The van der Waals surface area contributed by atoms with E-state index in [4.69, 9.17) is 0 Å². The van der Waals surface area contributed by atoms with E-state index in [1.54, 1.807) is 6.07 Å². The number of aryl methyl sites for hydroxylation is 1. The van der Waals surface area contributed by atoms with E-state index in [-0.39, 0.29) is 18.0 Å². The molecule has 0 aromatic carbocycles. The predicted molar refractivity (Wildman–Crippen MR) is 49.8 cm³/mol. The Morgan fingerprint density at radius 2 is 1.92 bits per heavy atom. The molecule has 2 rings (SSSR count). The van der Waals surface area contributed by atoms with Crippen molar-refractivity contribution in [1.29, 1.82) is 0 Å². The third kappa shape index (κ3) is 1.55. The average molecular weight is 189 g/mol. The van der Waals surface area contributed by atoms with Gasteiger partial charge in [0.2, 0.25) is 0 Å². The number of hydrogen-bond acceptors (Lipinski definition) is 1. The Bertz CT molecular complexity index is 302. The van der Waals surface area contributed by atoms with Crippen LogP contribution in [0.4, 0.5) is 0 Å². The topological polar surface area (TPSA) is 26.9 Å². The Balaban J connectivity index is 0.000000720. The average Bonchev–Trinajstić information content (AvgIpc) is 2.25. The van der Waals surface area contributed by atoms with E-state index in [0.717, 1.165) is 19.5 Å². The van der Waals surface area contributed by atoms with Gasteiger partial charge in [0.25, 0.3) is 5.56 Å². The first kappa shape index (κ1) is 9.39. The Kier molecular flexibility index (Phi) is 2.98. The summed E-state index contributed by atoms with van der Waals surface area (Å²) in [6, 6.07) is 1.64. The van der Waals surface area contributed by atoms with Crippen LogP contribution in [0.2, 0.25) is 0 Å². The summed E-state index contributed by atoms with van der Waals surface area (Å²) in [7, 11) is 0. The molecule has 1 aliphatic rings. The highest BCUT2D eigenvalue weighted by Gasteiger charge is 2.05. The van der Waals surface area contributed by atoms with E-state index in [1.807, 2.05) is 15.6 Å². The molecule has 3 nitrogen and oxygen atoms in total. The van der Waals surface area contributed by atoms with Crippen LogP contribution in [0.3, 0.4) is 0 Å². The molecule has 2 heterocycles. The quantitative estimate of drug-likeness (QED) is 0.602. The summed E-state index contributed by atoms with van der Waals surface area (Å²) in [5.74, 6) is 0. The monoisotopic (exact) mass is 188 g/mol. The number of halogens is 1. The zero-order valence-electron chi connectivity index (χ0n) is 6.90. The molecule has 1 aromatic rings. The van der Waals surface area contributed by atoms with Crippen LogP contribution >= 0.6 is 12.4 Å². The minimum Gasteiger partial charge on any atom is -0.290 e. The van der Waals surface area contributed by atoms with Crippen molar-refractivity contribution in [3.8, 4) is 0 Å². The minimum atomic E-state index is 0. The normalized spacial score (nSPS) is 16.0. The van der Waals surface area contributed by atoms with Gasteiger partial charge in [-0.25, -0.2) is 0 Å². The fourth-order valence-corrected chi connectivity index (χ4v) is 1.59. The molecule has 0 radical (unpaired) electrons. The maximum absolute atomic E-state index is 11.2. The molecule has 12 heavy (non-hydrogen) atoms. The third-order valence-electron chi connectivity index (χ3n) is 2.21. The lowest BCUT2D eigenvalue weighted by atomic mass is 10.2. The molecule has 0 aliphatic carbocycles. The van der Waals surface area contributed by atoms with Crippen LogP contribution in [0, 0.1) is 0 Å². The van der Waals surface area contributed by atoms with E-state index in [9.17, 15) is 4.79 Å². The van der Waals surface area contributed by atoms with Crippen molar-refractivity contribution in [3.63, 3.8) is 0 Å². The van der Waals surface area contributed by atoms with E-state index in [1.165, 1.54) is 12.8 Å². The lowest BCUT2D eigenvalue weighted by Gasteiger charge is -2.04. The molecule has 0 atom stereocenters. The Labute approximate surface area is 77.4 Å². The summed E-state index contributed by atoms with van der Waals surface area (Å²) in [5.41, 5.74) is 0.145. The summed E-state index contributed by atoms with van der Waals surface area (Å²) in [5, 5.41) is 0. The van der Waals surface area contributed by atoms with Crippen molar-refractivity contribution in [2.45, 2.75) is 32.4 Å². The Hall–Kier alpha value is -0.700. The van der Waals surface area contributed by atoms with Crippen LogP contribution in [-0.2, 0) is 13.1 Å². The number of hydrogen-bond donors (Lipinski definition) is 0.